The number of fused-ring (bicyclic) bond motifs is 9. The van der Waals surface area contributed by atoms with E-state index in [1.165, 1.54) is 75.6 Å². The van der Waals surface area contributed by atoms with Gasteiger partial charge >= 0.3 is 0 Å². The van der Waals surface area contributed by atoms with Gasteiger partial charge in [-0.2, -0.15) is 5.10 Å². The highest BCUT2D eigenvalue weighted by Gasteiger charge is 2.50. The molecule has 59 heavy (non-hydrogen) atoms. The molecule has 0 saturated carbocycles. The van der Waals surface area contributed by atoms with Crippen molar-refractivity contribution in [3.05, 3.63) is 169 Å². The van der Waals surface area contributed by atoms with Gasteiger partial charge < -0.3 is 0 Å². The van der Waals surface area contributed by atoms with Crippen molar-refractivity contribution < 1.29 is 0 Å². The molecule has 288 valence electrons. The lowest BCUT2D eigenvalue weighted by Gasteiger charge is -2.32. The van der Waals surface area contributed by atoms with Crippen LogP contribution in [-0.2, 0) is 10.8 Å². The first-order valence-corrected chi connectivity index (χ1v) is 22.7. The molecule has 0 atom stereocenters. The number of nitrogens with one attached hydrogen (secondary N) is 1. The Bertz CT molecular complexity index is 3250. The zero-order valence-electron chi connectivity index (χ0n) is 34.7. The lowest BCUT2D eigenvalue weighted by Crippen LogP contribution is -2.72. The van der Waals surface area contributed by atoms with E-state index in [1.54, 1.807) is 0 Å². The summed E-state index contributed by atoms with van der Waals surface area (Å²) in [6, 6.07) is 55.4. The fourth-order valence-electron chi connectivity index (χ4n) is 9.96. The molecule has 4 aromatic heterocycles. The third-order valence-corrected chi connectivity index (χ3v) is 17.7. The summed E-state index contributed by atoms with van der Waals surface area (Å²) in [4.78, 5) is 4.92. The monoisotopic (exact) mass is 781 g/mol. The van der Waals surface area contributed by atoms with Crippen LogP contribution in [0.3, 0.4) is 0 Å². The maximum Gasteiger partial charge on any atom is 0.181 e. The van der Waals surface area contributed by atoms with Crippen LogP contribution in [0.2, 0.25) is 0 Å². The number of aromatic nitrogens is 5. The van der Waals surface area contributed by atoms with Crippen molar-refractivity contribution in [3.8, 4) is 22.8 Å². The molecule has 0 fully saturated rings. The molecule has 6 aromatic carbocycles. The zero-order valence-corrected chi connectivity index (χ0v) is 35.7. The minimum atomic E-state index is -3.04. The second-order valence-corrected chi connectivity index (χ2v) is 22.3. The summed E-state index contributed by atoms with van der Waals surface area (Å²) >= 11 is 0. The van der Waals surface area contributed by atoms with E-state index in [2.05, 4.69) is 202 Å². The molecule has 1 aliphatic rings. The Morgan fingerprint density at radius 1 is 0.475 bits per heavy atom. The summed E-state index contributed by atoms with van der Waals surface area (Å²) in [5, 5.41) is 18.6. The molecular formula is C53H47N5Si. The van der Waals surface area contributed by atoms with Gasteiger partial charge in [0, 0.05) is 39.5 Å². The summed E-state index contributed by atoms with van der Waals surface area (Å²) in [6.07, 6.45) is 1.90. The number of aryl methyl sites for hydroxylation is 1. The molecule has 0 saturated heterocycles. The first-order chi connectivity index (χ1) is 28.4. The number of rotatable bonds is 4. The predicted octanol–water partition coefficient (Wildman–Crippen LogP) is 10.3. The number of hydrogen-bond acceptors (Lipinski definition) is 2. The Kier molecular flexibility index (Phi) is 7.55. The number of para-hydroxylation sites is 2. The van der Waals surface area contributed by atoms with E-state index < -0.39 is 8.07 Å². The van der Waals surface area contributed by atoms with E-state index in [1.807, 2.05) is 12.3 Å². The molecule has 0 aliphatic carbocycles. The summed E-state index contributed by atoms with van der Waals surface area (Å²) in [5.41, 5.74) is 11.1. The van der Waals surface area contributed by atoms with Gasteiger partial charge in [0.1, 0.15) is 5.82 Å². The number of aromatic amines is 1. The SMILES string of the molecule is Cc1cc(-n2c3ccccc3c3ccc([Si]4(c5ccc6c7ccccc7n(-c7ccccn7)c6c5)c5ccc(C(C)(C)C)cc5-c5cc(C(C)(C)C)ccc54)cc32)n[nH]1. The number of hydrogen-bond donors (Lipinski definition) is 1. The fourth-order valence-corrected chi connectivity index (χ4v) is 15.1. The minimum Gasteiger partial charge on any atom is -0.294 e. The highest BCUT2D eigenvalue weighted by Crippen LogP contribution is 2.38. The lowest BCUT2D eigenvalue weighted by atomic mass is 9.83. The summed E-state index contributed by atoms with van der Waals surface area (Å²) < 4.78 is 4.71. The molecule has 0 unspecified atom stereocenters. The summed E-state index contributed by atoms with van der Waals surface area (Å²) in [5.74, 6) is 1.82. The number of nitrogens with zero attached hydrogens (tertiary/aromatic N) is 4. The Morgan fingerprint density at radius 2 is 0.966 bits per heavy atom. The number of H-pyrrole nitrogens is 1. The van der Waals surface area contributed by atoms with Gasteiger partial charge in [-0.15, -0.1) is 0 Å². The molecule has 1 N–H and O–H groups in total. The maximum absolute atomic E-state index is 4.92. The van der Waals surface area contributed by atoms with E-state index in [4.69, 9.17) is 10.1 Å². The quantitative estimate of drug-likeness (QED) is 0.181. The molecule has 5 nitrogen and oxygen atoms in total. The molecule has 0 bridgehead atoms. The van der Waals surface area contributed by atoms with Crippen LogP contribution in [0, 0.1) is 6.92 Å². The van der Waals surface area contributed by atoms with Gasteiger partial charge in [0.25, 0.3) is 0 Å². The molecule has 10 aromatic rings. The standard InChI is InChI=1S/C53H47N5Si/c1-33-28-51(56-55-33)58-45-17-11-9-15-39(45)41-24-22-37(32-47(41)58)59(36-21-23-40-38-14-8-10-16-44(38)57(46(40)31-36)50-18-12-13-27-54-50)48-25-19-34(52(2,3)4)29-42(48)43-30-35(53(5,6)7)20-26-49(43)59/h8-32H,1-7H3,(H,55,56). The van der Waals surface area contributed by atoms with Crippen LogP contribution in [-0.4, -0.2) is 32.4 Å². The average Bonchev–Trinajstić information content (AvgIpc) is 3.98. The van der Waals surface area contributed by atoms with Crippen LogP contribution in [0.25, 0.3) is 66.4 Å². The first kappa shape index (κ1) is 35.6. The summed E-state index contributed by atoms with van der Waals surface area (Å²) in [6.45, 7) is 16.0. The molecule has 5 heterocycles. The summed E-state index contributed by atoms with van der Waals surface area (Å²) in [7, 11) is -3.04. The molecule has 1 aliphatic heterocycles. The Balaban J connectivity index is 1.31. The van der Waals surface area contributed by atoms with Gasteiger partial charge in [-0.25, -0.2) is 4.98 Å². The van der Waals surface area contributed by atoms with Crippen LogP contribution in [0.4, 0.5) is 0 Å². The Morgan fingerprint density at radius 3 is 1.44 bits per heavy atom. The first-order valence-electron chi connectivity index (χ1n) is 20.7. The van der Waals surface area contributed by atoms with Crippen LogP contribution in [0.15, 0.2) is 152 Å². The largest absolute Gasteiger partial charge is 0.294 e. The number of pyridine rings is 1. The molecule has 6 heteroatoms. The van der Waals surface area contributed by atoms with Gasteiger partial charge in [-0.3, -0.25) is 14.2 Å². The second kappa shape index (κ2) is 12.5. The van der Waals surface area contributed by atoms with Crippen LogP contribution < -0.4 is 20.7 Å². The van der Waals surface area contributed by atoms with Crippen molar-refractivity contribution in [1.29, 1.82) is 0 Å². The highest BCUT2D eigenvalue weighted by molar-refractivity contribution is 7.22. The van der Waals surface area contributed by atoms with Crippen LogP contribution in [0.5, 0.6) is 0 Å². The Hall–Kier alpha value is -6.50. The lowest BCUT2D eigenvalue weighted by molar-refractivity contribution is 0.589. The van der Waals surface area contributed by atoms with E-state index in [-0.39, 0.29) is 10.8 Å². The molecule has 0 amide bonds. The zero-order chi connectivity index (χ0) is 40.4. The van der Waals surface area contributed by atoms with Crippen LogP contribution in [0.1, 0.15) is 58.4 Å². The molecule has 0 spiro atoms. The van der Waals surface area contributed by atoms with Crippen molar-refractivity contribution in [2.24, 2.45) is 0 Å². The van der Waals surface area contributed by atoms with Crippen molar-refractivity contribution in [1.82, 2.24) is 24.3 Å². The van der Waals surface area contributed by atoms with E-state index in [0.29, 0.717) is 0 Å². The average molecular weight is 782 g/mol. The highest BCUT2D eigenvalue weighted by atomic mass is 28.3. The third kappa shape index (κ3) is 5.15. The topological polar surface area (TPSA) is 51.4 Å². The van der Waals surface area contributed by atoms with Gasteiger partial charge in [0.2, 0.25) is 0 Å². The van der Waals surface area contributed by atoms with Gasteiger partial charge in [0.15, 0.2) is 13.9 Å². The molecule has 11 rings (SSSR count). The third-order valence-electron chi connectivity index (χ3n) is 12.9. The van der Waals surface area contributed by atoms with E-state index >= 15 is 0 Å². The van der Waals surface area contributed by atoms with E-state index in [9.17, 15) is 0 Å². The Labute approximate surface area is 346 Å². The predicted molar refractivity (Wildman–Crippen MR) is 250 cm³/mol. The van der Waals surface area contributed by atoms with Crippen molar-refractivity contribution >= 4 is 72.4 Å². The van der Waals surface area contributed by atoms with Gasteiger partial charge in [0.05, 0.1) is 22.1 Å². The van der Waals surface area contributed by atoms with Crippen molar-refractivity contribution in [2.45, 2.75) is 59.3 Å². The second-order valence-electron chi connectivity index (χ2n) is 18.5. The van der Waals surface area contributed by atoms with Gasteiger partial charge in [-0.05, 0) is 97.2 Å². The minimum absolute atomic E-state index is 0.00625. The smallest absolute Gasteiger partial charge is 0.181 e. The number of benzene rings is 6. The van der Waals surface area contributed by atoms with Crippen molar-refractivity contribution in [3.63, 3.8) is 0 Å². The molecular weight excluding hydrogens is 735 g/mol. The van der Waals surface area contributed by atoms with Crippen molar-refractivity contribution in [2.75, 3.05) is 0 Å². The maximum atomic E-state index is 4.92. The molecule has 0 radical (unpaired) electrons. The van der Waals surface area contributed by atoms with Crippen LogP contribution >= 0.6 is 0 Å². The van der Waals surface area contributed by atoms with E-state index in [0.717, 1.165) is 28.4 Å². The normalized spacial score (nSPS) is 13.8. The van der Waals surface area contributed by atoms with Gasteiger partial charge in [-0.1, -0.05) is 145 Å². The fraction of sp³-hybridized carbons (Fsp3) is 0.170.